The van der Waals surface area contributed by atoms with Crippen molar-refractivity contribution in [2.24, 2.45) is 0 Å². The number of carbonyl (C=O) groups is 1. The summed E-state index contributed by atoms with van der Waals surface area (Å²) in [7, 11) is 0. The van der Waals surface area contributed by atoms with Crippen LogP contribution >= 0.6 is 0 Å². The van der Waals surface area contributed by atoms with Crippen LogP contribution < -0.4 is 5.32 Å². The van der Waals surface area contributed by atoms with Gasteiger partial charge in [0, 0.05) is 11.9 Å². The molecule has 0 fully saturated rings. The summed E-state index contributed by atoms with van der Waals surface area (Å²) in [6, 6.07) is 9.22. The van der Waals surface area contributed by atoms with Gasteiger partial charge in [0.2, 0.25) is 0 Å². The summed E-state index contributed by atoms with van der Waals surface area (Å²) in [6.07, 6.45) is -1.49. The number of hydrogen-bond acceptors (Lipinski definition) is 2. The smallest absolute Gasteiger partial charge is 0.306 e. The van der Waals surface area contributed by atoms with Crippen LogP contribution in [0.3, 0.4) is 0 Å². The number of nitrogens with one attached hydrogen (secondary N) is 1. The molecule has 1 heterocycles. The van der Waals surface area contributed by atoms with Crippen molar-refractivity contribution < 1.29 is 13.6 Å². The SMILES string of the molecule is O=C(Nc1ccccc1)n1ccc(C(F)F)n1. The van der Waals surface area contributed by atoms with Crippen molar-refractivity contribution in [1.82, 2.24) is 9.78 Å². The van der Waals surface area contributed by atoms with Crippen molar-refractivity contribution in [2.45, 2.75) is 6.43 Å². The Morgan fingerprint density at radius 2 is 1.94 bits per heavy atom. The van der Waals surface area contributed by atoms with Crippen LogP contribution in [-0.4, -0.2) is 15.8 Å². The molecule has 0 atom stereocenters. The number of para-hydroxylation sites is 1. The van der Waals surface area contributed by atoms with Crippen molar-refractivity contribution in [3.05, 3.63) is 48.3 Å². The number of alkyl halides is 2. The Balaban J connectivity index is 2.10. The highest BCUT2D eigenvalue weighted by molar-refractivity contribution is 5.90. The molecule has 0 spiro atoms. The summed E-state index contributed by atoms with van der Waals surface area (Å²) in [5, 5.41) is 5.99. The second kappa shape index (κ2) is 4.73. The van der Waals surface area contributed by atoms with Crippen molar-refractivity contribution in [1.29, 1.82) is 0 Å². The molecule has 0 radical (unpaired) electrons. The van der Waals surface area contributed by atoms with Gasteiger partial charge in [0.15, 0.2) is 0 Å². The summed E-state index contributed by atoms with van der Waals surface area (Å²) < 4.78 is 25.4. The topological polar surface area (TPSA) is 46.9 Å². The van der Waals surface area contributed by atoms with E-state index in [-0.39, 0.29) is 0 Å². The highest BCUT2D eigenvalue weighted by Gasteiger charge is 2.13. The Morgan fingerprint density at radius 3 is 2.53 bits per heavy atom. The molecular weight excluding hydrogens is 228 g/mol. The molecule has 0 saturated heterocycles. The first-order chi connectivity index (χ1) is 8.16. The van der Waals surface area contributed by atoms with Crippen LogP contribution in [0.1, 0.15) is 12.1 Å². The lowest BCUT2D eigenvalue weighted by Crippen LogP contribution is -2.20. The van der Waals surface area contributed by atoms with E-state index >= 15 is 0 Å². The molecule has 1 aromatic carbocycles. The number of hydrogen-bond donors (Lipinski definition) is 1. The average molecular weight is 237 g/mol. The molecule has 0 aliphatic carbocycles. The summed E-state index contributed by atoms with van der Waals surface area (Å²) >= 11 is 0. The van der Waals surface area contributed by atoms with Crippen LogP contribution in [-0.2, 0) is 0 Å². The summed E-state index contributed by atoms with van der Waals surface area (Å²) in [5.41, 5.74) is 0.153. The maximum atomic E-state index is 12.3. The fourth-order valence-electron chi connectivity index (χ4n) is 1.27. The Morgan fingerprint density at radius 1 is 1.24 bits per heavy atom. The van der Waals surface area contributed by atoms with E-state index in [0.29, 0.717) is 5.69 Å². The van der Waals surface area contributed by atoms with Gasteiger partial charge in [-0.05, 0) is 18.2 Å². The molecule has 6 heteroatoms. The maximum absolute atomic E-state index is 12.3. The van der Waals surface area contributed by atoms with Crippen LogP contribution in [0.4, 0.5) is 19.3 Å². The van der Waals surface area contributed by atoms with Gasteiger partial charge in [-0.3, -0.25) is 0 Å². The molecule has 1 amide bonds. The average Bonchev–Trinajstić information content (AvgIpc) is 2.79. The zero-order valence-electron chi connectivity index (χ0n) is 8.68. The van der Waals surface area contributed by atoms with Crippen molar-refractivity contribution >= 4 is 11.7 Å². The van der Waals surface area contributed by atoms with Gasteiger partial charge in [0.1, 0.15) is 5.69 Å². The van der Waals surface area contributed by atoms with E-state index in [4.69, 9.17) is 0 Å². The lowest BCUT2D eigenvalue weighted by molar-refractivity contribution is 0.145. The molecule has 2 rings (SSSR count). The number of carbonyl (C=O) groups excluding carboxylic acids is 1. The third-order valence-corrected chi connectivity index (χ3v) is 2.07. The quantitative estimate of drug-likeness (QED) is 0.872. The molecule has 0 bridgehead atoms. The van der Waals surface area contributed by atoms with Gasteiger partial charge in [-0.1, -0.05) is 18.2 Å². The van der Waals surface area contributed by atoms with Gasteiger partial charge in [0.05, 0.1) is 0 Å². The van der Waals surface area contributed by atoms with E-state index in [9.17, 15) is 13.6 Å². The van der Waals surface area contributed by atoms with Gasteiger partial charge in [-0.25, -0.2) is 13.6 Å². The first-order valence-corrected chi connectivity index (χ1v) is 4.87. The zero-order chi connectivity index (χ0) is 12.3. The molecular formula is C11H9F2N3O. The third-order valence-electron chi connectivity index (χ3n) is 2.07. The number of anilines is 1. The third kappa shape index (κ3) is 2.66. The molecule has 88 valence electrons. The maximum Gasteiger partial charge on any atom is 0.346 e. The number of amides is 1. The second-order valence-electron chi connectivity index (χ2n) is 3.28. The minimum absolute atomic E-state index is 0.423. The highest BCUT2D eigenvalue weighted by atomic mass is 19.3. The number of halogens is 2. The lowest BCUT2D eigenvalue weighted by atomic mass is 10.3. The van der Waals surface area contributed by atoms with Crippen LogP contribution in [0.15, 0.2) is 42.6 Å². The molecule has 4 nitrogen and oxygen atoms in total. The van der Waals surface area contributed by atoms with Crippen molar-refractivity contribution in [2.75, 3.05) is 5.32 Å². The zero-order valence-corrected chi connectivity index (χ0v) is 8.68. The Kier molecular flexibility index (Phi) is 3.13. The van der Waals surface area contributed by atoms with Crippen LogP contribution in [0.25, 0.3) is 0 Å². The van der Waals surface area contributed by atoms with E-state index in [0.717, 1.165) is 10.7 Å². The molecule has 17 heavy (non-hydrogen) atoms. The molecule has 1 aromatic heterocycles. The van der Waals surface area contributed by atoms with Gasteiger partial charge in [0.25, 0.3) is 6.43 Å². The molecule has 0 unspecified atom stereocenters. The van der Waals surface area contributed by atoms with Gasteiger partial charge >= 0.3 is 6.03 Å². The number of rotatable bonds is 2. The summed E-state index contributed by atoms with van der Waals surface area (Å²) in [5.74, 6) is 0. The largest absolute Gasteiger partial charge is 0.346 e. The molecule has 0 aliphatic rings. The van der Waals surface area contributed by atoms with E-state index in [1.165, 1.54) is 6.20 Å². The highest BCUT2D eigenvalue weighted by Crippen LogP contribution is 2.15. The van der Waals surface area contributed by atoms with Crippen LogP contribution in [0.5, 0.6) is 0 Å². The molecule has 1 N–H and O–H groups in total. The minimum Gasteiger partial charge on any atom is -0.306 e. The Hall–Kier alpha value is -2.24. The standard InChI is InChI=1S/C11H9F2N3O/c12-10(13)9-6-7-16(15-9)11(17)14-8-4-2-1-3-5-8/h1-7,10H,(H,14,17). The van der Waals surface area contributed by atoms with Gasteiger partial charge < -0.3 is 5.32 Å². The van der Waals surface area contributed by atoms with E-state index < -0.39 is 18.2 Å². The van der Waals surface area contributed by atoms with Crippen LogP contribution in [0, 0.1) is 0 Å². The minimum atomic E-state index is -2.68. The van der Waals surface area contributed by atoms with Gasteiger partial charge in [-0.2, -0.15) is 9.78 Å². The van der Waals surface area contributed by atoms with E-state index in [2.05, 4.69) is 10.4 Å². The Labute approximate surface area is 95.9 Å². The fraction of sp³-hybridized carbons (Fsp3) is 0.0909. The number of nitrogens with zero attached hydrogens (tertiary/aromatic N) is 2. The molecule has 2 aromatic rings. The normalized spacial score (nSPS) is 10.5. The molecule has 0 aliphatic heterocycles. The second-order valence-corrected chi connectivity index (χ2v) is 3.28. The van der Waals surface area contributed by atoms with Crippen LogP contribution in [0.2, 0.25) is 0 Å². The summed E-state index contributed by atoms with van der Waals surface area (Å²) in [4.78, 5) is 11.6. The first kappa shape index (κ1) is 11.3. The van der Waals surface area contributed by atoms with E-state index in [1.54, 1.807) is 30.3 Å². The number of aromatic nitrogens is 2. The fourth-order valence-corrected chi connectivity index (χ4v) is 1.27. The molecule has 0 saturated carbocycles. The summed E-state index contributed by atoms with van der Waals surface area (Å²) in [6.45, 7) is 0. The Bertz CT molecular complexity index is 510. The monoisotopic (exact) mass is 237 g/mol. The number of benzene rings is 1. The predicted octanol–water partition coefficient (Wildman–Crippen LogP) is 2.90. The predicted molar refractivity (Wildman–Crippen MR) is 58.0 cm³/mol. The van der Waals surface area contributed by atoms with Crippen molar-refractivity contribution in [3.8, 4) is 0 Å². The lowest BCUT2D eigenvalue weighted by Gasteiger charge is -2.03. The van der Waals surface area contributed by atoms with E-state index in [1.807, 2.05) is 0 Å². The first-order valence-electron chi connectivity index (χ1n) is 4.87. The van der Waals surface area contributed by atoms with Crippen molar-refractivity contribution in [3.63, 3.8) is 0 Å². The van der Waals surface area contributed by atoms with Gasteiger partial charge in [-0.15, -0.1) is 0 Å².